The van der Waals surface area contributed by atoms with Crippen LogP contribution in [0.15, 0.2) is 23.1 Å². The molecule has 0 fully saturated rings. The second kappa shape index (κ2) is 2.51. The molecule has 0 saturated carbocycles. The molecule has 0 bridgehead atoms. The summed E-state index contributed by atoms with van der Waals surface area (Å²) in [6, 6.07) is 6.57. The van der Waals surface area contributed by atoms with E-state index >= 15 is 0 Å². The van der Waals surface area contributed by atoms with E-state index in [2.05, 4.69) is 37.0 Å². The molecule has 2 aromatic rings. The molecule has 1 aromatic heterocycles. The van der Waals surface area contributed by atoms with E-state index in [4.69, 9.17) is 0 Å². The first-order chi connectivity index (χ1) is 5.29. The van der Waals surface area contributed by atoms with Gasteiger partial charge in [-0.05, 0) is 0 Å². The fourth-order valence-electron chi connectivity index (χ4n) is 1.33. The van der Waals surface area contributed by atoms with Gasteiger partial charge in [-0.15, -0.1) is 0 Å². The first-order valence-corrected chi connectivity index (χ1v) is 5.57. The van der Waals surface area contributed by atoms with Gasteiger partial charge in [-0.1, -0.05) is 0 Å². The van der Waals surface area contributed by atoms with E-state index in [1.165, 1.54) is 16.5 Å². The van der Waals surface area contributed by atoms with Crippen LogP contribution in [-0.2, 0) is 0 Å². The molecule has 2 rings (SSSR count). The third-order valence-corrected chi connectivity index (χ3v) is 4.61. The van der Waals surface area contributed by atoms with Crippen molar-refractivity contribution in [1.29, 1.82) is 0 Å². The first-order valence-electron chi connectivity index (χ1n) is 3.72. The molecule has 1 aromatic carbocycles. The zero-order valence-corrected chi connectivity index (χ0v) is 8.43. The van der Waals surface area contributed by atoms with Crippen LogP contribution >= 0.6 is 0 Å². The molecular formula is C10H10Se. The van der Waals surface area contributed by atoms with Crippen molar-refractivity contribution in [2.24, 2.45) is 0 Å². The van der Waals surface area contributed by atoms with Crippen LogP contribution in [0.5, 0.6) is 0 Å². The molecule has 1 heterocycles. The van der Waals surface area contributed by atoms with Gasteiger partial charge in [0.1, 0.15) is 0 Å². The molecule has 0 aliphatic carbocycles. The number of benzene rings is 1. The maximum atomic E-state index is 2.37. The molecular weight excluding hydrogens is 199 g/mol. The Hall–Kier alpha value is -0.521. The minimum absolute atomic E-state index is 0.602. The number of hydrogen-bond donors (Lipinski definition) is 0. The van der Waals surface area contributed by atoms with Crippen LogP contribution in [0.2, 0.25) is 0 Å². The SMILES string of the molecule is Cc1c[se]c2c(C)cccc12. The predicted octanol–water partition coefficient (Wildman–Crippen LogP) is 2.51. The average Bonchev–Trinajstić information content (AvgIpc) is 2.35. The molecule has 11 heavy (non-hydrogen) atoms. The fourth-order valence-corrected chi connectivity index (χ4v) is 3.49. The first kappa shape index (κ1) is 7.15. The van der Waals surface area contributed by atoms with E-state index in [1.54, 1.807) is 4.26 Å². The quantitative estimate of drug-likeness (QED) is 0.585. The summed E-state index contributed by atoms with van der Waals surface area (Å²) in [7, 11) is 0. The Morgan fingerprint density at radius 2 is 1.91 bits per heavy atom. The molecule has 0 saturated heterocycles. The summed E-state index contributed by atoms with van der Waals surface area (Å²) < 4.78 is 1.58. The summed E-state index contributed by atoms with van der Waals surface area (Å²) >= 11 is 0.602. The number of fused-ring (bicyclic) bond motifs is 1. The Balaban J connectivity index is 2.94. The summed E-state index contributed by atoms with van der Waals surface area (Å²) in [5, 5.41) is 1.48. The van der Waals surface area contributed by atoms with Gasteiger partial charge in [0.2, 0.25) is 0 Å². The van der Waals surface area contributed by atoms with Gasteiger partial charge < -0.3 is 0 Å². The molecule has 0 radical (unpaired) electrons. The van der Waals surface area contributed by atoms with Gasteiger partial charge in [-0.25, -0.2) is 0 Å². The Bertz CT molecular complexity index is 385. The summed E-state index contributed by atoms with van der Waals surface area (Å²) in [5.41, 5.74) is 2.92. The third-order valence-electron chi connectivity index (χ3n) is 1.99. The zero-order valence-electron chi connectivity index (χ0n) is 6.72. The van der Waals surface area contributed by atoms with Crippen LogP contribution in [0.4, 0.5) is 0 Å². The molecule has 0 aliphatic heterocycles. The van der Waals surface area contributed by atoms with Gasteiger partial charge >= 0.3 is 72.3 Å². The molecule has 0 aliphatic rings. The van der Waals surface area contributed by atoms with Crippen LogP contribution in [0.25, 0.3) is 9.65 Å². The van der Waals surface area contributed by atoms with Crippen molar-refractivity contribution in [3.8, 4) is 0 Å². The standard InChI is InChI=1S/C10H10Se/c1-7-4-3-5-9-8(2)6-11-10(7)9/h3-6H,1-2H3. The summed E-state index contributed by atoms with van der Waals surface area (Å²) in [4.78, 5) is 2.37. The molecule has 0 unspecified atom stereocenters. The van der Waals surface area contributed by atoms with Crippen molar-refractivity contribution in [1.82, 2.24) is 0 Å². The number of aryl methyl sites for hydroxylation is 2. The second-order valence-corrected chi connectivity index (χ2v) is 4.72. The van der Waals surface area contributed by atoms with Crippen molar-refractivity contribution in [2.75, 3.05) is 0 Å². The van der Waals surface area contributed by atoms with Gasteiger partial charge in [0, 0.05) is 0 Å². The van der Waals surface area contributed by atoms with Crippen LogP contribution in [-0.4, -0.2) is 14.5 Å². The third kappa shape index (κ3) is 1.05. The van der Waals surface area contributed by atoms with Crippen LogP contribution in [0, 0.1) is 13.8 Å². The van der Waals surface area contributed by atoms with Crippen molar-refractivity contribution in [3.63, 3.8) is 0 Å². The Labute approximate surface area is 72.6 Å². The zero-order chi connectivity index (χ0) is 7.84. The molecule has 1 heteroatoms. The topological polar surface area (TPSA) is 0 Å². The molecule has 0 nitrogen and oxygen atoms in total. The van der Waals surface area contributed by atoms with Gasteiger partial charge in [0.25, 0.3) is 0 Å². The van der Waals surface area contributed by atoms with E-state index in [0.29, 0.717) is 14.5 Å². The molecule has 0 spiro atoms. The van der Waals surface area contributed by atoms with E-state index < -0.39 is 0 Å². The Morgan fingerprint density at radius 3 is 2.64 bits per heavy atom. The molecule has 56 valence electrons. The van der Waals surface area contributed by atoms with Crippen molar-refractivity contribution < 1.29 is 0 Å². The molecule has 0 atom stereocenters. The van der Waals surface area contributed by atoms with E-state index in [9.17, 15) is 0 Å². The van der Waals surface area contributed by atoms with Crippen LogP contribution in [0.1, 0.15) is 11.1 Å². The normalized spacial score (nSPS) is 10.7. The Kier molecular flexibility index (Phi) is 1.63. The number of hydrogen-bond acceptors (Lipinski definition) is 0. The average molecular weight is 209 g/mol. The number of rotatable bonds is 0. The fraction of sp³-hybridized carbons (Fsp3) is 0.200. The van der Waals surface area contributed by atoms with Crippen molar-refractivity contribution in [2.45, 2.75) is 13.8 Å². The summed E-state index contributed by atoms with van der Waals surface area (Å²) in [6.07, 6.45) is 0. The minimum atomic E-state index is 0.602. The monoisotopic (exact) mass is 210 g/mol. The van der Waals surface area contributed by atoms with E-state index in [-0.39, 0.29) is 0 Å². The van der Waals surface area contributed by atoms with Crippen LogP contribution < -0.4 is 0 Å². The maximum absolute atomic E-state index is 2.37. The summed E-state index contributed by atoms with van der Waals surface area (Å²) in [6.45, 7) is 4.40. The molecule has 0 N–H and O–H groups in total. The van der Waals surface area contributed by atoms with Gasteiger partial charge in [-0.2, -0.15) is 0 Å². The summed E-state index contributed by atoms with van der Waals surface area (Å²) in [5.74, 6) is 0. The second-order valence-electron chi connectivity index (χ2n) is 2.87. The Morgan fingerprint density at radius 1 is 1.09 bits per heavy atom. The van der Waals surface area contributed by atoms with Gasteiger partial charge in [0.05, 0.1) is 0 Å². The van der Waals surface area contributed by atoms with Gasteiger partial charge in [-0.3, -0.25) is 0 Å². The van der Waals surface area contributed by atoms with Crippen molar-refractivity contribution >= 4 is 24.1 Å². The van der Waals surface area contributed by atoms with Gasteiger partial charge in [0.15, 0.2) is 0 Å². The van der Waals surface area contributed by atoms with Crippen molar-refractivity contribution in [3.05, 3.63) is 34.3 Å². The molecule has 0 amide bonds. The van der Waals surface area contributed by atoms with E-state index in [0.717, 1.165) is 0 Å². The predicted molar refractivity (Wildman–Crippen MR) is 50.4 cm³/mol. The van der Waals surface area contributed by atoms with Crippen LogP contribution in [0.3, 0.4) is 0 Å². The van der Waals surface area contributed by atoms with E-state index in [1.807, 2.05) is 0 Å².